The molecule has 0 bridgehead atoms. The lowest BCUT2D eigenvalue weighted by atomic mass is 10.0. The molecule has 0 spiro atoms. The molecule has 12 aromatic rings. The highest BCUT2D eigenvalue weighted by Gasteiger charge is 2.23. The summed E-state index contributed by atoms with van der Waals surface area (Å²) in [4.78, 5) is 88.9. The van der Waals surface area contributed by atoms with Gasteiger partial charge in [-0.2, -0.15) is 9.97 Å². The van der Waals surface area contributed by atoms with E-state index < -0.39 is 36.8 Å². The summed E-state index contributed by atoms with van der Waals surface area (Å²) in [6, 6.07) is 74.5. The number of nitrogens with one attached hydrogen (secondary N) is 2. The Kier molecular flexibility index (Phi) is 21.6. The summed E-state index contributed by atoms with van der Waals surface area (Å²) in [5.74, 6) is -2.02. The Labute approximate surface area is 577 Å². The number of carboxylic acids is 2. The van der Waals surface area contributed by atoms with Crippen molar-refractivity contribution in [1.29, 1.82) is 0 Å². The molecule has 0 saturated carbocycles. The van der Waals surface area contributed by atoms with Crippen LogP contribution in [0.3, 0.4) is 0 Å². The number of nitrogen functional groups attached to an aromatic ring is 1. The smallest absolute Gasteiger partial charge is 0.323 e. The zero-order valence-electron chi connectivity index (χ0n) is 55.2. The van der Waals surface area contributed by atoms with Gasteiger partial charge >= 0.3 is 11.9 Å². The van der Waals surface area contributed by atoms with Crippen molar-refractivity contribution in [2.45, 2.75) is 39.8 Å². The fourth-order valence-corrected chi connectivity index (χ4v) is 10.8. The molecule has 0 fully saturated rings. The number of anilines is 4. The summed E-state index contributed by atoms with van der Waals surface area (Å²) in [6.07, 6.45) is 0.311. The van der Waals surface area contributed by atoms with Gasteiger partial charge in [0.25, 0.3) is 23.6 Å². The van der Waals surface area contributed by atoms with Crippen LogP contribution >= 0.6 is 0 Å². The minimum Gasteiger partial charge on any atom is -0.480 e. The molecule has 12 rings (SSSR count). The molecule has 0 unspecified atom stereocenters. The first-order chi connectivity index (χ1) is 48.3. The Balaban J connectivity index is 0.000000202. The zero-order chi connectivity index (χ0) is 70.2. The molecule has 4 amide bonds. The second-order valence-corrected chi connectivity index (χ2v) is 24.1. The fourth-order valence-electron chi connectivity index (χ4n) is 10.8. The second kappa shape index (κ2) is 31.6. The Bertz CT molecular complexity index is 4830. The molecule has 6 N–H and O–H groups in total. The van der Waals surface area contributed by atoms with E-state index in [0.717, 1.165) is 55.8 Å². The fraction of sp³-hybridized carbons (Fsp3) is 0.125. The predicted molar refractivity (Wildman–Crippen MR) is 385 cm³/mol. The predicted octanol–water partition coefficient (Wildman–Crippen LogP) is 14.2. The van der Waals surface area contributed by atoms with Crippen molar-refractivity contribution in [3.8, 4) is 67.9 Å². The van der Waals surface area contributed by atoms with E-state index in [-0.39, 0.29) is 43.3 Å². The van der Waals surface area contributed by atoms with Crippen LogP contribution in [-0.2, 0) is 45.1 Å². The number of hydrogen-bond donors (Lipinski definition) is 5. The molecular weight excluding hydrogens is 1260 g/mol. The molecule has 2 aromatic heterocycles. The lowest BCUT2D eigenvalue weighted by Gasteiger charge is -2.21. The van der Waals surface area contributed by atoms with Crippen LogP contribution in [0.2, 0.25) is 0 Å². The summed E-state index contributed by atoms with van der Waals surface area (Å²) in [5, 5.41) is 33.0. The third-order valence-corrected chi connectivity index (χ3v) is 16.3. The normalized spacial score (nSPS) is 10.8. The highest BCUT2D eigenvalue weighted by atomic mass is 16.5. The molecule has 0 saturated heterocycles. The molecule has 500 valence electrons. The molecule has 100 heavy (non-hydrogen) atoms. The van der Waals surface area contributed by atoms with Crippen molar-refractivity contribution >= 4 is 58.3 Å². The van der Waals surface area contributed by atoms with Gasteiger partial charge in [0.1, 0.15) is 13.1 Å². The summed E-state index contributed by atoms with van der Waals surface area (Å²) in [6.45, 7) is 3.27. The Morgan fingerprint density at radius 2 is 0.760 bits per heavy atom. The minimum atomic E-state index is -1.14. The van der Waals surface area contributed by atoms with Gasteiger partial charge in [0.15, 0.2) is 0 Å². The van der Waals surface area contributed by atoms with Crippen molar-refractivity contribution in [2.75, 3.05) is 48.5 Å². The molecule has 0 radical (unpaired) electrons. The molecule has 0 aliphatic rings. The molecule has 2 heterocycles. The number of rotatable bonds is 23. The lowest BCUT2D eigenvalue weighted by molar-refractivity contribution is -0.138. The number of carboxylic acid groups (broad SMARTS) is 2. The minimum absolute atomic E-state index is 0.0627. The average Bonchev–Trinajstić information content (AvgIpc) is 1.54. The van der Waals surface area contributed by atoms with E-state index in [1.807, 2.05) is 110 Å². The molecular formula is C80H70N10O10. The quantitative estimate of drug-likeness (QED) is 0.0372. The number of aryl methyl sites for hydroxylation is 2. The average molecular weight is 1330 g/mol. The summed E-state index contributed by atoms with van der Waals surface area (Å²) in [7, 11) is 3.91. The number of amides is 4. The summed E-state index contributed by atoms with van der Waals surface area (Å²) in [5.41, 5.74) is 22.0. The number of aliphatic carboxylic acids is 2. The van der Waals surface area contributed by atoms with Gasteiger partial charge in [-0.15, -0.1) is 0 Å². The molecule has 20 nitrogen and oxygen atoms in total. The topological polar surface area (TPSA) is 281 Å². The number of benzene rings is 10. The van der Waals surface area contributed by atoms with Crippen LogP contribution in [-0.4, -0.2) is 103 Å². The maximum Gasteiger partial charge on any atom is 0.323 e. The van der Waals surface area contributed by atoms with Crippen molar-refractivity contribution in [2.24, 2.45) is 0 Å². The largest absolute Gasteiger partial charge is 0.480 e. The summed E-state index contributed by atoms with van der Waals surface area (Å²) < 4.78 is 11.1. The van der Waals surface area contributed by atoms with Crippen LogP contribution in [0.25, 0.3) is 67.9 Å². The monoisotopic (exact) mass is 1330 g/mol. The maximum atomic E-state index is 13.4. The number of nitrogens with two attached hydrogens (primary N) is 1. The van der Waals surface area contributed by atoms with Gasteiger partial charge in [-0.05, 0) is 149 Å². The summed E-state index contributed by atoms with van der Waals surface area (Å²) >= 11 is 0. The van der Waals surface area contributed by atoms with Gasteiger partial charge < -0.3 is 50.3 Å². The highest BCUT2D eigenvalue weighted by molar-refractivity contribution is 5.99. The van der Waals surface area contributed by atoms with Crippen LogP contribution in [0.15, 0.2) is 252 Å². The van der Waals surface area contributed by atoms with Gasteiger partial charge in [0, 0.05) is 83.3 Å². The van der Waals surface area contributed by atoms with Gasteiger partial charge in [0.2, 0.25) is 23.5 Å². The lowest BCUT2D eigenvalue weighted by Crippen LogP contribution is -2.35. The number of para-hydroxylation sites is 1. The van der Waals surface area contributed by atoms with Gasteiger partial charge in [-0.25, -0.2) is 0 Å². The van der Waals surface area contributed by atoms with Gasteiger partial charge in [0.05, 0.1) is 12.8 Å². The van der Waals surface area contributed by atoms with Gasteiger partial charge in [-0.3, -0.25) is 28.8 Å². The van der Waals surface area contributed by atoms with E-state index in [2.05, 4.69) is 93.3 Å². The number of carbonyl (C=O) groups excluding carboxylic acids is 4. The van der Waals surface area contributed by atoms with E-state index >= 15 is 0 Å². The van der Waals surface area contributed by atoms with E-state index in [1.165, 1.54) is 20.9 Å². The molecule has 20 heteroatoms. The van der Waals surface area contributed by atoms with Crippen LogP contribution in [0.4, 0.5) is 22.7 Å². The first-order valence-electron chi connectivity index (χ1n) is 32.0. The van der Waals surface area contributed by atoms with Crippen molar-refractivity contribution in [3.05, 3.63) is 287 Å². The third kappa shape index (κ3) is 18.1. The van der Waals surface area contributed by atoms with Crippen LogP contribution in [0.5, 0.6) is 0 Å². The number of aromatic nitrogens is 4. The Morgan fingerprint density at radius 1 is 0.410 bits per heavy atom. The van der Waals surface area contributed by atoms with E-state index in [4.69, 9.17) is 14.8 Å². The standard InChI is InChI=1S/C41H37N5O5.C39H33N5O5/c1-27-4-10-30(11-5-27)31-14-16-33(17-15-31)40-43-39(44-51-40)32-12-6-29(7-13-32)25-46(26-38(48)49)41(50)34-18-20-35(21-19-34)42-37(47)24-28-8-22-36(23-9-28)45(2)3;1-25-6-10-27(11-7-25)28-14-16-30(17-15-28)38-42-37(43-49-38)29-12-8-26(9-13-29)23-44(24-36(46)47)39(48)31-18-20-33(21-19-31)41-35(45)22-32-4-2-3-5-34(32)40/h4-23H,24-26H2,1-3H3,(H,42,47)(H,48,49);2-21H,22-24,40H2,1H3,(H,41,45)(H,46,47). The van der Waals surface area contributed by atoms with Crippen LogP contribution in [0, 0.1) is 13.8 Å². The molecule has 0 aliphatic heterocycles. The van der Waals surface area contributed by atoms with E-state index in [1.54, 1.807) is 103 Å². The van der Waals surface area contributed by atoms with Crippen molar-refractivity contribution in [1.82, 2.24) is 30.1 Å². The first-order valence-corrected chi connectivity index (χ1v) is 32.0. The Hall–Kier alpha value is -13.1. The SMILES string of the molecule is Cc1ccc(-c2ccc(-c3nc(-c4ccc(CN(CC(=O)O)C(=O)c5ccc(NC(=O)Cc6ccc(N(C)C)cc6)cc5)cc4)no3)cc2)cc1.Cc1ccc(-c2ccc(-c3nc(-c4ccc(CN(CC(=O)O)C(=O)c5ccc(NC(=O)Cc6ccccc6N)cc5)cc4)no3)cc2)cc1. The van der Waals surface area contributed by atoms with Crippen molar-refractivity contribution < 1.29 is 48.0 Å². The first kappa shape index (κ1) is 68.3. The zero-order valence-corrected chi connectivity index (χ0v) is 55.2. The third-order valence-electron chi connectivity index (χ3n) is 16.3. The number of hydrogen-bond acceptors (Lipinski definition) is 14. The van der Waals surface area contributed by atoms with E-state index in [0.29, 0.717) is 62.7 Å². The molecule has 10 aromatic carbocycles. The highest BCUT2D eigenvalue weighted by Crippen LogP contribution is 2.30. The Morgan fingerprint density at radius 3 is 1.14 bits per heavy atom. The van der Waals surface area contributed by atoms with Crippen LogP contribution < -0.4 is 21.3 Å². The van der Waals surface area contributed by atoms with E-state index in [9.17, 15) is 39.0 Å². The van der Waals surface area contributed by atoms with Gasteiger partial charge in [-0.1, -0.05) is 173 Å². The number of carbonyl (C=O) groups is 6. The molecule has 0 atom stereocenters. The number of nitrogens with zero attached hydrogens (tertiary/aromatic N) is 7. The van der Waals surface area contributed by atoms with Crippen molar-refractivity contribution in [3.63, 3.8) is 0 Å². The second-order valence-electron chi connectivity index (χ2n) is 24.1. The van der Waals surface area contributed by atoms with Crippen LogP contribution in [0.1, 0.15) is 54.1 Å². The molecule has 0 aliphatic carbocycles. The maximum absolute atomic E-state index is 13.4.